The third-order valence-electron chi connectivity index (χ3n) is 12.6. The Labute approximate surface area is 238 Å². The molecule has 9 saturated heterocycles. The van der Waals surface area contributed by atoms with Crippen molar-refractivity contribution in [1.82, 2.24) is 63.8 Å². The van der Waals surface area contributed by atoms with E-state index in [0.29, 0.717) is 96.7 Å². The maximum Gasteiger partial charge on any atom is 0.0640 e. The summed E-state index contributed by atoms with van der Waals surface area (Å²) in [6.07, 6.45) is 7.50. The fraction of sp³-hybridized carbons (Fsp3) is 1.00. The van der Waals surface area contributed by atoms with Crippen molar-refractivity contribution in [3.8, 4) is 0 Å². The van der Waals surface area contributed by atoms with Crippen LogP contribution in [-0.4, -0.2) is 102 Å². The molecular formula is C28H52N12. The van der Waals surface area contributed by atoms with Gasteiger partial charge >= 0.3 is 0 Å². The highest BCUT2D eigenvalue weighted by Gasteiger charge is 2.54. The van der Waals surface area contributed by atoms with Crippen LogP contribution in [0, 0.1) is 47.3 Å². The first-order chi connectivity index (χ1) is 19.8. The van der Waals surface area contributed by atoms with E-state index in [9.17, 15) is 0 Å². The van der Waals surface area contributed by atoms with Gasteiger partial charge in [-0.25, -0.2) is 0 Å². The minimum atomic E-state index is 0.313. The summed E-state index contributed by atoms with van der Waals surface area (Å²) in [6.45, 7) is 8.88. The van der Waals surface area contributed by atoms with Crippen LogP contribution in [0.1, 0.15) is 25.7 Å². The summed E-state index contributed by atoms with van der Waals surface area (Å²) in [6, 6.07) is 0. The molecule has 0 spiro atoms. The quantitative estimate of drug-likeness (QED) is 0.143. The van der Waals surface area contributed by atoms with Crippen molar-refractivity contribution in [2.45, 2.75) is 75.0 Å². The highest BCUT2D eigenvalue weighted by Crippen LogP contribution is 2.39. The second-order valence-electron chi connectivity index (χ2n) is 14.4. The van der Waals surface area contributed by atoms with Crippen molar-refractivity contribution in [3.63, 3.8) is 0 Å². The Kier molecular flexibility index (Phi) is 6.88. The molecule has 8 atom stereocenters. The molecule has 9 rings (SSSR count). The van der Waals surface area contributed by atoms with Gasteiger partial charge in [-0.1, -0.05) is 0 Å². The average Bonchev–Trinajstić information content (AvgIpc) is 3.73. The molecule has 8 unspecified atom stereocenters. The van der Waals surface area contributed by atoms with E-state index in [1.165, 1.54) is 25.7 Å². The van der Waals surface area contributed by atoms with Crippen molar-refractivity contribution in [2.75, 3.05) is 52.4 Å². The van der Waals surface area contributed by atoms with E-state index in [1.807, 2.05) is 0 Å². The summed E-state index contributed by atoms with van der Waals surface area (Å²) in [5.74, 6) is 4.96. The van der Waals surface area contributed by atoms with Crippen molar-refractivity contribution in [1.29, 1.82) is 0 Å². The van der Waals surface area contributed by atoms with E-state index >= 15 is 0 Å². The minimum Gasteiger partial charge on any atom is -0.316 e. The fourth-order valence-corrected chi connectivity index (χ4v) is 10.6. The van der Waals surface area contributed by atoms with Gasteiger partial charge in [-0.3, -0.25) is 42.5 Å². The van der Waals surface area contributed by atoms with Crippen LogP contribution in [0.25, 0.3) is 0 Å². The molecule has 9 heterocycles. The van der Waals surface area contributed by atoms with Gasteiger partial charge < -0.3 is 21.3 Å². The molecule has 40 heavy (non-hydrogen) atoms. The second-order valence-corrected chi connectivity index (χ2v) is 14.4. The zero-order chi connectivity index (χ0) is 26.2. The molecule has 0 saturated carbocycles. The van der Waals surface area contributed by atoms with E-state index < -0.39 is 0 Å². The van der Waals surface area contributed by atoms with Gasteiger partial charge in [-0.2, -0.15) is 0 Å². The van der Waals surface area contributed by atoms with Crippen LogP contribution in [0.15, 0.2) is 0 Å². The number of fused-ring (bicyclic) bond motifs is 20. The monoisotopic (exact) mass is 556 g/mol. The predicted molar refractivity (Wildman–Crippen MR) is 153 cm³/mol. The molecule has 0 aromatic heterocycles. The van der Waals surface area contributed by atoms with Crippen molar-refractivity contribution in [3.05, 3.63) is 0 Å². The van der Waals surface area contributed by atoms with Gasteiger partial charge in [0, 0.05) is 49.9 Å². The molecule has 12 nitrogen and oxygen atoms in total. The molecule has 12 heteroatoms. The van der Waals surface area contributed by atoms with Crippen LogP contribution in [0.3, 0.4) is 0 Å². The van der Waals surface area contributed by atoms with Crippen LogP contribution in [-0.2, 0) is 0 Å². The van der Waals surface area contributed by atoms with E-state index in [4.69, 9.17) is 0 Å². The second kappa shape index (κ2) is 10.6. The standard InChI is InChI=1S/C28H52N12/c1-5-29-9-17-13(1)21-33-25(17)38-22-15-3-7-31-11-19(15)27(35-22)40-24-16-4-8-32-12-20(16)28(36-24)39-23-14-2-6-30-10-18(14)26(34-23)37-21/h13-40H,1-12H2. The Balaban J connectivity index is 1.05. The molecule has 0 aromatic rings. The Morgan fingerprint density at radius 1 is 0.250 bits per heavy atom. The van der Waals surface area contributed by atoms with Crippen molar-refractivity contribution >= 4 is 0 Å². The lowest BCUT2D eigenvalue weighted by Gasteiger charge is -2.35. The Hall–Kier alpha value is -0.480. The van der Waals surface area contributed by atoms with E-state index in [1.54, 1.807) is 0 Å². The summed E-state index contributed by atoms with van der Waals surface area (Å²) < 4.78 is 0. The lowest BCUT2D eigenvalue weighted by atomic mass is 9.83. The summed E-state index contributed by atoms with van der Waals surface area (Å²) >= 11 is 0. The van der Waals surface area contributed by atoms with Gasteiger partial charge in [-0.05, 0) is 75.5 Å². The maximum atomic E-state index is 4.17. The first kappa shape index (κ1) is 26.0. The molecule has 0 aromatic carbocycles. The van der Waals surface area contributed by atoms with Gasteiger partial charge in [0.1, 0.15) is 0 Å². The molecule has 0 aliphatic carbocycles. The zero-order valence-corrected chi connectivity index (χ0v) is 23.7. The highest BCUT2D eigenvalue weighted by molar-refractivity contribution is 5.09. The molecule has 12 N–H and O–H groups in total. The van der Waals surface area contributed by atoms with Crippen molar-refractivity contribution < 1.29 is 0 Å². The molecule has 0 amide bonds. The minimum absolute atomic E-state index is 0.313. The van der Waals surface area contributed by atoms with Crippen molar-refractivity contribution in [2.24, 2.45) is 47.3 Å². The van der Waals surface area contributed by atoms with E-state index in [-0.39, 0.29) is 0 Å². The molecule has 224 valence electrons. The third kappa shape index (κ3) is 4.33. The summed E-state index contributed by atoms with van der Waals surface area (Å²) in [5.41, 5.74) is 0. The fourth-order valence-electron chi connectivity index (χ4n) is 10.6. The van der Waals surface area contributed by atoms with Crippen LogP contribution in [0.4, 0.5) is 0 Å². The molecule has 9 fully saturated rings. The molecule has 8 bridgehead atoms. The number of piperidine rings is 4. The Bertz CT molecular complexity index is 716. The van der Waals surface area contributed by atoms with E-state index in [2.05, 4.69) is 63.8 Å². The van der Waals surface area contributed by atoms with Gasteiger partial charge in [0.2, 0.25) is 0 Å². The van der Waals surface area contributed by atoms with E-state index in [0.717, 1.165) is 52.4 Å². The number of hydrogen-bond donors (Lipinski definition) is 12. The maximum absolute atomic E-state index is 4.17. The number of hydrogen-bond acceptors (Lipinski definition) is 12. The van der Waals surface area contributed by atoms with Crippen LogP contribution in [0.2, 0.25) is 0 Å². The van der Waals surface area contributed by atoms with Gasteiger partial charge in [0.15, 0.2) is 0 Å². The van der Waals surface area contributed by atoms with Gasteiger partial charge in [-0.15, -0.1) is 0 Å². The Morgan fingerprint density at radius 2 is 0.450 bits per heavy atom. The zero-order valence-electron chi connectivity index (χ0n) is 23.7. The van der Waals surface area contributed by atoms with Gasteiger partial charge in [0.25, 0.3) is 0 Å². The lowest BCUT2D eigenvalue weighted by molar-refractivity contribution is 0.182. The largest absolute Gasteiger partial charge is 0.316 e. The Morgan fingerprint density at radius 3 is 0.675 bits per heavy atom. The summed E-state index contributed by atoms with van der Waals surface area (Å²) in [5, 5.41) is 48.0. The first-order valence-corrected chi connectivity index (χ1v) is 16.7. The summed E-state index contributed by atoms with van der Waals surface area (Å²) in [7, 11) is 0. The molecular weight excluding hydrogens is 504 g/mol. The lowest BCUT2D eigenvalue weighted by Crippen LogP contribution is -2.62. The third-order valence-corrected chi connectivity index (χ3v) is 12.6. The SMILES string of the molecule is C1CC2C3NC(NC4NC(NC5NC(NC6NC(N3)C3CNCCC63)C3CNCCC53)C3CNCCC43)C2CN1. The molecule has 9 aliphatic rings. The number of nitrogens with one attached hydrogen (secondary N) is 12. The number of rotatable bonds is 0. The predicted octanol–water partition coefficient (Wildman–Crippen LogP) is -3.72. The first-order valence-electron chi connectivity index (χ1n) is 16.7. The highest BCUT2D eigenvalue weighted by atomic mass is 15.4. The van der Waals surface area contributed by atoms with Crippen LogP contribution < -0.4 is 63.8 Å². The van der Waals surface area contributed by atoms with Crippen LogP contribution >= 0.6 is 0 Å². The van der Waals surface area contributed by atoms with Gasteiger partial charge in [0.05, 0.1) is 49.3 Å². The smallest absolute Gasteiger partial charge is 0.0640 e. The normalized spacial score (nSPS) is 57.6. The summed E-state index contributed by atoms with van der Waals surface area (Å²) in [4.78, 5) is 0. The molecule has 9 aliphatic heterocycles. The van der Waals surface area contributed by atoms with Crippen LogP contribution in [0.5, 0.6) is 0 Å². The molecule has 0 radical (unpaired) electrons. The topological polar surface area (TPSA) is 144 Å². The average molecular weight is 557 g/mol.